The molecule has 1 aliphatic carbocycles. The van der Waals surface area contributed by atoms with Crippen LogP contribution in [-0.2, 0) is 11.3 Å². The smallest absolute Gasteiger partial charge is 0.239 e. The highest BCUT2D eigenvalue weighted by atomic mass is 16.5. The van der Waals surface area contributed by atoms with Crippen LogP contribution in [0.1, 0.15) is 44.6 Å². The molecule has 1 aromatic carbocycles. The molecule has 0 N–H and O–H groups in total. The second-order valence-electron chi connectivity index (χ2n) is 6.64. The molecule has 1 aromatic rings. The molecule has 1 atom stereocenters. The highest BCUT2D eigenvalue weighted by molar-refractivity contribution is 5.81. The van der Waals surface area contributed by atoms with Crippen molar-refractivity contribution in [2.45, 2.75) is 57.7 Å². The SMILES string of the molecule is COc1ccccc1CN(C)C(C)C(=O)N(C)C1CCCCC1. The van der Waals surface area contributed by atoms with Crippen LogP contribution in [0.25, 0.3) is 0 Å². The fraction of sp³-hybridized carbons (Fsp3) is 0.632. The number of likely N-dealkylation sites (N-methyl/N-ethyl adjacent to an activating group) is 2. The third-order valence-corrected chi connectivity index (χ3v) is 5.10. The number of carbonyl (C=O) groups excluding carboxylic acids is 1. The van der Waals surface area contributed by atoms with Gasteiger partial charge in [-0.25, -0.2) is 0 Å². The summed E-state index contributed by atoms with van der Waals surface area (Å²) in [4.78, 5) is 16.9. The maximum Gasteiger partial charge on any atom is 0.239 e. The summed E-state index contributed by atoms with van der Waals surface area (Å²) in [5, 5.41) is 0. The summed E-state index contributed by atoms with van der Waals surface area (Å²) in [7, 11) is 5.65. The molecule has 0 radical (unpaired) electrons. The van der Waals surface area contributed by atoms with Gasteiger partial charge >= 0.3 is 0 Å². The second kappa shape index (κ2) is 8.34. The number of hydrogen-bond acceptors (Lipinski definition) is 3. The largest absolute Gasteiger partial charge is 0.496 e. The minimum absolute atomic E-state index is 0.133. The molecule has 0 bridgehead atoms. The fourth-order valence-corrected chi connectivity index (χ4v) is 3.37. The van der Waals surface area contributed by atoms with E-state index in [1.807, 2.05) is 44.1 Å². The van der Waals surface area contributed by atoms with Crippen LogP contribution >= 0.6 is 0 Å². The highest BCUT2D eigenvalue weighted by Crippen LogP contribution is 2.23. The summed E-state index contributed by atoms with van der Waals surface area (Å²) in [6.07, 6.45) is 6.08. The van der Waals surface area contributed by atoms with Crippen LogP contribution < -0.4 is 4.74 Å². The van der Waals surface area contributed by atoms with Crippen molar-refractivity contribution < 1.29 is 9.53 Å². The summed E-state index contributed by atoms with van der Waals surface area (Å²) < 4.78 is 5.41. The monoisotopic (exact) mass is 318 g/mol. The van der Waals surface area contributed by atoms with Gasteiger partial charge in [0.15, 0.2) is 0 Å². The number of hydrogen-bond donors (Lipinski definition) is 0. The Morgan fingerprint density at radius 2 is 1.87 bits per heavy atom. The van der Waals surface area contributed by atoms with Gasteiger partial charge in [-0.3, -0.25) is 9.69 Å². The predicted octanol–water partition coefficient (Wildman–Crippen LogP) is 3.31. The van der Waals surface area contributed by atoms with Gasteiger partial charge in [0.2, 0.25) is 5.91 Å². The van der Waals surface area contributed by atoms with Crippen molar-refractivity contribution in [1.82, 2.24) is 9.80 Å². The Balaban J connectivity index is 1.97. The van der Waals surface area contributed by atoms with E-state index in [2.05, 4.69) is 11.0 Å². The molecule has 23 heavy (non-hydrogen) atoms. The van der Waals surface area contributed by atoms with Crippen LogP contribution in [0.3, 0.4) is 0 Å². The number of amides is 1. The van der Waals surface area contributed by atoms with E-state index in [0.29, 0.717) is 12.6 Å². The number of carbonyl (C=O) groups is 1. The van der Waals surface area contributed by atoms with Gasteiger partial charge in [-0.05, 0) is 32.9 Å². The molecule has 1 aliphatic rings. The Labute approximate surface area is 140 Å². The lowest BCUT2D eigenvalue weighted by molar-refractivity contribution is -0.137. The number of methoxy groups -OCH3 is 1. The zero-order chi connectivity index (χ0) is 16.8. The van der Waals surface area contributed by atoms with Gasteiger partial charge in [-0.1, -0.05) is 37.5 Å². The van der Waals surface area contributed by atoms with Crippen LogP contribution in [-0.4, -0.2) is 49.0 Å². The minimum atomic E-state index is -0.133. The molecule has 128 valence electrons. The van der Waals surface area contributed by atoms with E-state index in [1.54, 1.807) is 7.11 Å². The standard InChI is InChI=1S/C19H30N2O2/c1-15(19(22)21(3)17-11-6-5-7-12-17)20(2)14-16-10-8-9-13-18(16)23-4/h8-10,13,15,17H,5-7,11-12,14H2,1-4H3. The molecule has 2 rings (SSSR count). The number of ether oxygens (including phenoxy) is 1. The van der Waals surface area contributed by atoms with E-state index in [-0.39, 0.29) is 11.9 Å². The third-order valence-electron chi connectivity index (χ3n) is 5.10. The molecule has 0 aromatic heterocycles. The molecule has 4 heteroatoms. The fourth-order valence-electron chi connectivity index (χ4n) is 3.37. The number of para-hydroxylation sites is 1. The number of benzene rings is 1. The summed E-state index contributed by atoms with van der Waals surface area (Å²) in [5.41, 5.74) is 1.11. The highest BCUT2D eigenvalue weighted by Gasteiger charge is 2.27. The molecule has 0 spiro atoms. The zero-order valence-corrected chi connectivity index (χ0v) is 14.9. The molecule has 1 saturated carbocycles. The van der Waals surface area contributed by atoms with Gasteiger partial charge in [0.05, 0.1) is 13.2 Å². The molecule has 1 amide bonds. The van der Waals surface area contributed by atoms with E-state index in [4.69, 9.17) is 4.74 Å². The van der Waals surface area contributed by atoms with Crippen molar-refractivity contribution in [2.75, 3.05) is 21.2 Å². The first kappa shape index (κ1) is 17.8. The van der Waals surface area contributed by atoms with Crippen molar-refractivity contribution in [3.8, 4) is 5.75 Å². The zero-order valence-electron chi connectivity index (χ0n) is 14.9. The summed E-state index contributed by atoms with van der Waals surface area (Å²) in [6.45, 7) is 2.70. The van der Waals surface area contributed by atoms with Gasteiger partial charge in [0.25, 0.3) is 0 Å². The quantitative estimate of drug-likeness (QED) is 0.807. The lowest BCUT2D eigenvalue weighted by Crippen LogP contribution is -2.48. The Morgan fingerprint density at radius 1 is 1.22 bits per heavy atom. The van der Waals surface area contributed by atoms with Gasteiger partial charge in [0, 0.05) is 25.2 Å². The maximum atomic E-state index is 12.8. The van der Waals surface area contributed by atoms with E-state index >= 15 is 0 Å². The van der Waals surface area contributed by atoms with Crippen molar-refractivity contribution in [1.29, 1.82) is 0 Å². The van der Waals surface area contributed by atoms with Crippen molar-refractivity contribution in [3.63, 3.8) is 0 Å². The first-order chi connectivity index (χ1) is 11.0. The average Bonchev–Trinajstić information content (AvgIpc) is 2.61. The Hall–Kier alpha value is -1.55. The van der Waals surface area contributed by atoms with Crippen LogP contribution in [0.4, 0.5) is 0 Å². The predicted molar refractivity (Wildman–Crippen MR) is 93.6 cm³/mol. The molecule has 0 heterocycles. The Bertz CT molecular complexity index is 512. The lowest BCUT2D eigenvalue weighted by atomic mass is 9.94. The van der Waals surface area contributed by atoms with Crippen LogP contribution in [0, 0.1) is 0 Å². The second-order valence-corrected chi connectivity index (χ2v) is 6.64. The Morgan fingerprint density at radius 3 is 2.52 bits per heavy atom. The normalized spacial score (nSPS) is 17.1. The minimum Gasteiger partial charge on any atom is -0.496 e. The Kier molecular flexibility index (Phi) is 6.46. The van der Waals surface area contributed by atoms with Crippen molar-refractivity contribution in [3.05, 3.63) is 29.8 Å². The van der Waals surface area contributed by atoms with Gasteiger partial charge < -0.3 is 9.64 Å². The van der Waals surface area contributed by atoms with Crippen LogP contribution in [0.15, 0.2) is 24.3 Å². The summed E-state index contributed by atoms with van der Waals surface area (Å²) >= 11 is 0. The van der Waals surface area contributed by atoms with E-state index in [0.717, 1.165) is 24.2 Å². The molecule has 0 saturated heterocycles. The topological polar surface area (TPSA) is 32.8 Å². The average molecular weight is 318 g/mol. The van der Waals surface area contributed by atoms with Crippen LogP contribution in [0.5, 0.6) is 5.75 Å². The summed E-state index contributed by atoms with van der Waals surface area (Å²) in [5.74, 6) is 1.09. The van der Waals surface area contributed by atoms with Crippen molar-refractivity contribution >= 4 is 5.91 Å². The van der Waals surface area contributed by atoms with Gasteiger partial charge in [-0.2, -0.15) is 0 Å². The molecule has 1 fully saturated rings. The summed E-state index contributed by atoms with van der Waals surface area (Å²) in [6, 6.07) is 8.27. The number of rotatable bonds is 6. The van der Waals surface area contributed by atoms with Crippen molar-refractivity contribution in [2.24, 2.45) is 0 Å². The van der Waals surface area contributed by atoms with Gasteiger partial charge in [0.1, 0.15) is 5.75 Å². The van der Waals surface area contributed by atoms with Gasteiger partial charge in [-0.15, -0.1) is 0 Å². The maximum absolute atomic E-state index is 12.8. The van der Waals surface area contributed by atoms with E-state index < -0.39 is 0 Å². The molecular weight excluding hydrogens is 288 g/mol. The van der Waals surface area contributed by atoms with Crippen LogP contribution in [0.2, 0.25) is 0 Å². The number of nitrogens with zero attached hydrogens (tertiary/aromatic N) is 2. The molecule has 0 aliphatic heterocycles. The molecule has 1 unspecified atom stereocenters. The lowest BCUT2D eigenvalue weighted by Gasteiger charge is -2.35. The van der Waals surface area contributed by atoms with E-state index in [9.17, 15) is 4.79 Å². The first-order valence-corrected chi connectivity index (χ1v) is 8.63. The molecular formula is C19H30N2O2. The molecule has 4 nitrogen and oxygen atoms in total. The first-order valence-electron chi connectivity index (χ1n) is 8.63. The van der Waals surface area contributed by atoms with E-state index in [1.165, 1.54) is 19.3 Å². The third kappa shape index (κ3) is 4.47.